The van der Waals surface area contributed by atoms with Crippen molar-refractivity contribution in [2.45, 2.75) is 19.9 Å². The average Bonchev–Trinajstić information content (AvgIpc) is 2.61. The Morgan fingerprint density at radius 1 is 1.08 bits per heavy atom. The van der Waals surface area contributed by atoms with Gasteiger partial charge in [-0.15, -0.1) is 0 Å². The van der Waals surface area contributed by atoms with Crippen LogP contribution in [0.25, 0.3) is 0 Å². The molecule has 0 aliphatic heterocycles. The molecule has 0 aromatic heterocycles. The van der Waals surface area contributed by atoms with Crippen molar-refractivity contribution in [3.63, 3.8) is 0 Å². The molecule has 0 heterocycles. The number of rotatable bonds is 5. The van der Waals surface area contributed by atoms with Crippen LogP contribution in [0.15, 0.2) is 48.5 Å². The van der Waals surface area contributed by atoms with Crippen LogP contribution in [-0.4, -0.2) is 17.7 Å². The van der Waals surface area contributed by atoms with Gasteiger partial charge in [0.05, 0.1) is 11.6 Å². The number of nitrogens with zero attached hydrogens (tertiary/aromatic N) is 1. The molecule has 0 bridgehead atoms. The van der Waals surface area contributed by atoms with Gasteiger partial charge in [-0.1, -0.05) is 24.6 Å². The van der Waals surface area contributed by atoms with Crippen molar-refractivity contribution in [3.8, 4) is 6.07 Å². The van der Waals surface area contributed by atoms with E-state index < -0.39 is 5.92 Å². The van der Waals surface area contributed by atoms with Crippen LogP contribution < -0.4 is 5.32 Å². The smallest absolute Gasteiger partial charge is 0.251 e. The molecule has 2 rings (SSSR count). The molecule has 2 aromatic carbocycles. The van der Waals surface area contributed by atoms with Gasteiger partial charge in [0.1, 0.15) is 0 Å². The van der Waals surface area contributed by atoms with Crippen LogP contribution in [0.1, 0.15) is 40.1 Å². The largest absolute Gasteiger partial charge is 0.349 e. The number of carbonyl (C=O) groups excluding carboxylic acids is 2. The van der Waals surface area contributed by atoms with Gasteiger partial charge in [-0.05, 0) is 49.4 Å². The Bertz CT molecular complexity index is 794. The van der Waals surface area contributed by atoms with Gasteiger partial charge >= 0.3 is 0 Å². The third kappa shape index (κ3) is 4.21. The molecule has 2 atom stereocenters. The minimum absolute atomic E-state index is 0.0646. The SMILES string of the molecule is CC(NC(=O)c1cccc(C#N)c1)C(C)C(=O)c1ccc(Cl)cc1. The summed E-state index contributed by atoms with van der Waals surface area (Å²) < 4.78 is 0. The standard InChI is InChI=1S/C19H17ClN2O2/c1-12(18(23)15-6-8-17(20)9-7-15)13(2)22-19(24)16-5-3-4-14(10-16)11-21/h3-10,12-13H,1-2H3,(H,22,24). The van der Waals surface area contributed by atoms with Gasteiger partial charge in [0, 0.05) is 28.1 Å². The highest BCUT2D eigenvalue weighted by Crippen LogP contribution is 2.16. The first kappa shape index (κ1) is 17.7. The summed E-state index contributed by atoms with van der Waals surface area (Å²) in [6, 6.07) is 14.8. The molecule has 2 unspecified atom stereocenters. The Hall–Kier alpha value is -2.64. The van der Waals surface area contributed by atoms with E-state index in [1.807, 2.05) is 6.07 Å². The lowest BCUT2D eigenvalue weighted by Crippen LogP contribution is -2.40. The van der Waals surface area contributed by atoms with E-state index in [2.05, 4.69) is 5.32 Å². The van der Waals surface area contributed by atoms with E-state index in [9.17, 15) is 9.59 Å². The normalized spacial score (nSPS) is 12.8. The number of nitrogens with one attached hydrogen (secondary N) is 1. The number of hydrogen-bond acceptors (Lipinski definition) is 3. The fourth-order valence-corrected chi connectivity index (χ4v) is 2.38. The van der Waals surface area contributed by atoms with Gasteiger partial charge in [-0.2, -0.15) is 5.26 Å². The number of carbonyl (C=O) groups is 2. The molecule has 24 heavy (non-hydrogen) atoms. The quantitative estimate of drug-likeness (QED) is 0.840. The minimum Gasteiger partial charge on any atom is -0.349 e. The Balaban J connectivity index is 2.06. The molecule has 0 aliphatic carbocycles. The molecule has 0 saturated carbocycles. The first-order chi connectivity index (χ1) is 11.4. The maximum atomic E-state index is 12.5. The Morgan fingerprint density at radius 2 is 1.75 bits per heavy atom. The Kier molecular flexibility index (Phi) is 5.73. The van der Waals surface area contributed by atoms with Crippen LogP contribution in [0.2, 0.25) is 5.02 Å². The minimum atomic E-state index is -0.394. The Morgan fingerprint density at radius 3 is 2.38 bits per heavy atom. The maximum Gasteiger partial charge on any atom is 0.251 e. The Labute approximate surface area is 146 Å². The van der Waals surface area contributed by atoms with Gasteiger partial charge in [0.15, 0.2) is 5.78 Å². The molecular weight excluding hydrogens is 324 g/mol. The van der Waals surface area contributed by atoms with Crippen LogP contribution in [0.3, 0.4) is 0 Å². The van der Waals surface area contributed by atoms with E-state index >= 15 is 0 Å². The third-order valence-corrected chi connectivity index (χ3v) is 4.16. The van der Waals surface area contributed by atoms with Crippen molar-refractivity contribution in [1.29, 1.82) is 5.26 Å². The highest BCUT2D eigenvalue weighted by Gasteiger charge is 2.23. The van der Waals surface area contributed by atoms with Crippen molar-refractivity contribution in [2.24, 2.45) is 5.92 Å². The van der Waals surface area contributed by atoms with Crippen LogP contribution in [0, 0.1) is 17.2 Å². The zero-order valence-corrected chi connectivity index (χ0v) is 14.2. The number of halogens is 1. The van der Waals surface area contributed by atoms with Crippen molar-refractivity contribution in [1.82, 2.24) is 5.32 Å². The summed E-state index contributed by atoms with van der Waals surface area (Å²) in [7, 11) is 0. The second-order valence-electron chi connectivity index (χ2n) is 5.61. The molecule has 0 saturated heterocycles. The first-order valence-electron chi connectivity index (χ1n) is 7.53. The second kappa shape index (κ2) is 7.76. The van der Waals surface area contributed by atoms with E-state index in [4.69, 9.17) is 16.9 Å². The van der Waals surface area contributed by atoms with E-state index in [0.717, 1.165) is 0 Å². The molecule has 4 nitrogen and oxygen atoms in total. The number of hydrogen-bond donors (Lipinski definition) is 1. The van der Waals surface area contributed by atoms with E-state index in [1.165, 1.54) is 6.07 Å². The van der Waals surface area contributed by atoms with Gasteiger partial charge in [-0.3, -0.25) is 9.59 Å². The van der Waals surface area contributed by atoms with Gasteiger partial charge in [-0.25, -0.2) is 0 Å². The lowest BCUT2D eigenvalue weighted by molar-refractivity contribution is 0.0868. The number of amides is 1. The molecule has 0 spiro atoms. The topological polar surface area (TPSA) is 70.0 Å². The number of nitriles is 1. The molecular formula is C19H17ClN2O2. The van der Waals surface area contributed by atoms with Crippen LogP contribution in [0.4, 0.5) is 0 Å². The monoisotopic (exact) mass is 340 g/mol. The number of ketones is 1. The number of Topliss-reactive ketones (excluding diaryl/α,β-unsaturated/α-hetero) is 1. The first-order valence-corrected chi connectivity index (χ1v) is 7.91. The summed E-state index contributed by atoms with van der Waals surface area (Å²) >= 11 is 5.83. The summed E-state index contributed by atoms with van der Waals surface area (Å²) in [5.74, 6) is -0.769. The second-order valence-corrected chi connectivity index (χ2v) is 6.05. The lowest BCUT2D eigenvalue weighted by atomic mass is 9.93. The van der Waals surface area contributed by atoms with Crippen LogP contribution in [0.5, 0.6) is 0 Å². The summed E-state index contributed by atoms with van der Waals surface area (Å²) in [6.07, 6.45) is 0. The van der Waals surface area contributed by atoms with E-state index in [0.29, 0.717) is 21.7 Å². The highest BCUT2D eigenvalue weighted by molar-refractivity contribution is 6.30. The van der Waals surface area contributed by atoms with Gasteiger partial charge < -0.3 is 5.32 Å². The predicted molar refractivity (Wildman–Crippen MR) is 93.0 cm³/mol. The molecule has 5 heteroatoms. The number of benzene rings is 2. The summed E-state index contributed by atoms with van der Waals surface area (Å²) in [6.45, 7) is 3.55. The molecule has 0 aliphatic rings. The van der Waals surface area contributed by atoms with Gasteiger partial charge in [0.25, 0.3) is 5.91 Å². The zero-order chi connectivity index (χ0) is 17.7. The fourth-order valence-electron chi connectivity index (χ4n) is 2.25. The molecule has 1 N–H and O–H groups in total. The highest BCUT2D eigenvalue weighted by atomic mass is 35.5. The summed E-state index contributed by atoms with van der Waals surface area (Å²) in [4.78, 5) is 24.8. The molecule has 0 radical (unpaired) electrons. The summed E-state index contributed by atoms with van der Waals surface area (Å²) in [5, 5.41) is 12.3. The molecule has 122 valence electrons. The van der Waals surface area contributed by atoms with E-state index in [1.54, 1.807) is 56.3 Å². The molecule has 2 aromatic rings. The van der Waals surface area contributed by atoms with E-state index in [-0.39, 0.29) is 17.7 Å². The van der Waals surface area contributed by atoms with Crippen LogP contribution in [-0.2, 0) is 0 Å². The van der Waals surface area contributed by atoms with Crippen molar-refractivity contribution >= 4 is 23.3 Å². The summed E-state index contributed by atoms with van der Waals surface area (Å²) in [5.41, 5.74) is 1.37. The van der Waals surface area contributed by atoms with Crippen molar-refractivity contribution < 1.29 is 9.59 Å². The zero-order valence-electron chi connectivity index (χ0n) is 13.4. The molecule has 1 amide bonds. The fraction of sp³-hybridized carbons (Fsp3) is 0.211. The predicted octanol–water partition coefficient (Wildman–Crippen LogP) is 3.85. The van der Waals surface area contributed by atoms with Gasteiger partial charge in [0.2, 0.25) is 0 Å². The maximum absolute atomic E-state index is 12.5. The average molecular weight is 341 g/mol. The van der Waals surface area contributed by atoms with Crippen molar-refractivity contribution in [2.75, 3.05) is 0 Å². The van der Waals surface area contributed by atoms with Crippen LogP contribution >= 0.6 is 11.6 Å². The molecule has 0 fully saturated rings. The van der Waals surface area contributed by atoms with Crippen molar-refractivity contribution in [3.05, 3.63) is 70.2 Å². The lowest BCUT2D eigenvalue weighted by Gasteiger charge is -2.20. The third-order valence-electron chi connectivity index (χ3n) is 3.90.